The average Bonchev–Trinajstić information content (AvgIpc) is 3.29. The molecule has 1 saturated carbocycles. The summed E-state index contributed by atoms with van der Waals surface area (Å²) in [5.74, 6) is -1.15. The Morgan fingerprint density at radius 2 is 2.00 bits per heavy atom. The second kappa shape index (κ2) is 6.55. The molecular weight excluding hydrogens is 324 g/mol. The highest BCUT2D eigenvalue weighted by Crippen LogP contribution is 2.23. The number of methoxy groups -OCH3 is 1. The Balaban J connectivity index is 2.18. The molecule has 1 atom stereocenters. The van der Waals surface area contributed by atoms with Crippen LogP contribution in [0.1, 0.15) is 30.1 Å². The van der Waals surface area contributed by atoms with E-state index >= 15 is 0 Å². The number of rotatable bonds is 6. The van der Waals surface area contributed by atoms with Gasteiger partial charge in [-0.2, -0.15) is 0 Å². The van der Waals surface area contributed by atoms with Crippen molar-refractivity contribution in [2.45, 2.75) is 36.8 Å². The van der Waals surface area contributed by atoms with E-state index in [0.717, 1.165) is 18.9 Å². The Morgan fingerprint density at radius 3 is 2.52 bits per heavy atom. The summed E-state index contributed by atoms with van der Waals surface area (Å²) in [4.78, 5) is 23.8. The molecule has 0 aromatic heterocycles. The van der Waals surface area contributed by atoms with E-state index in [9.17, 15) is 18.0 Å². The molecule has 0 saturated heterocycles. The fraction of sp³-hybridized carbons (Fsp3) is 0.429. The first kappa shape index (κ1) is 17.2. The lowest BCUT2D eigenvalue weighted by Crippen LogP contribution is -2.37. The van der Waals surface area contributed by atoms with Crippen molar-refractivity contribution in [1.82, 2.24) is 5.32 Å². The van der Waals surface area contributed by atoms with Crippen LogP contribution in [0.25, 0.3) is 0 Å². The van der Waals surface area contributed by atoms with Crippen molar-refractivity contribution in [3.63, 3.8) is 0 Å². The number of carbonyl (C=O) groups is 2. The first-order valence-electron chi connectivity index (χ1n) is 6.94. The van der Waals surface area contributed by atoms with Crippen molar-refractivity contribution in [1.29, 1.82) is 0 Å². The van der Waals surface area contributed by atoms with Crippen LogP contribution in [0.3, 0.4) is 0 Å². The van der Waals surface area contributed by atoms with Gasteiger partial charge in [0, 0.05) is 6.04 Å². The SMILES string of the molecule is COc1ccc(S(N)(=O)=O)cc1C(=O)O[C@H](C)C(=O)NC1CC1. The predicted octanol–water partition coefficient (Wildman–Crippen LogP) is 0.166. The van der Waals surface area contributed by atoms with Crippen LogP contribution < -0.4 is 15.2 Å². The topological polar surface area (TPSA) is 125 Å². The molecule has 126 valence electrons. The van der Waals surface area contributed by atoms with Gasteiger partial charge in [-0.05, 0) is 38.0 Å². The van der Waals surface area contributed by atoms with Crippen LogP contribution in [-0.2, 0) is 19.6 Å². The summed E-state index contributed by atoms with van der Waals surface area (Å²) in [6, 6.07) is 3.71. The lowest BCUT2D eigenvalue weighted by molar-refractivity contribution is -0.129. The number of ether oxygens (including phenoxy) is 2. The minimum Gasteiger partial charge on any atom is -0.496 e. The zero-order valence-electron chi connectivity index (χ0n) is 12.7. The average molecular weight is 342 g/mol. The lowest BCUT2D eigenvalue weighted by Gasteiger charge is -2.15. The molecular formula is C14H18N2O6S. The molecule has 23 heavy (non-hydrogen) atoms. The van der Waals surface area contributed by atoms with Crippen LogP contribution in [0.15, 0.2) is 23.1 Å². The summed E-state index contributed by atoms with van der Waals surface area (Å²) in [6.07, 6.45) is 0.818. The first-order valence-corrected chi connectivity index (χ1v) is 8.49. The summed E-state index contributed by atoms with van der Waals surface area (Å²) in [6.45, 7) is 1.44. The second-order valence-electron chi connectivity index (χ2n) is 5.24. The van der Waals surface area contributed by atoms with Crippen molar-refractivity contribution in [2.75, 3.05) is 7.11 Å². The Morgan fingerprint density at radius 1 is 1.35 bits per heavy atom. The molecule has 1 aromatic rings. The van der Waals surface area contributed by atoms with Crippen molar-refractivity contribution in [3.05, 3.63) is 23.8 Å². The lowest BCUT2D eigenvalue weighted by atomic mass is 10.2. The van der Waals surface area contributed by atoms with Crippen molar-refractivity contribution >= 4 is 21.9 Å². The van der Waals surface area contributed by atoms with Crippen molar-refractivity contribution in [3.8, 4) is 5.75 Å². The van der Waals surface area contributed by atoms with Gasteiger partial charge in [0.1, 0.15) is 11.3 Å². The predicted molar refractivity (Wildman–Crippen MR) is 80.4 cm³/mol. The van der Waals surface area contributed by atoms with Gasteiger partial charge >= 0.3 is 5.97 Å². The van der Waals surface area contributed by atoms with E-state index in [0.29, 0.717) is 0 Å². The number of sulfonamides is 1. The van der Waals surface area contributed by atoms with Gasteiger partial charge in [0.15, 0.2) is 6.10 Å². The number of nitrogens with one attached hydrogen (secondary N) is 1. The molecule has 1 aromatic carbocycles. The fourth-order valence-corrected chi connectivity index (χ4v) is 2.39. The highest BCUT2D eigenvalue weighted by atomic mass is 32.2. The third-order valence-corrected chi connectivity index (χ3v) is 4.21. The Bertz CT molecular complexity index is 727. The number of hydrogen-bond acceptors (Lipinski definition) is 6. The maximum atomic E-state index is 12.2. The monoisotopic (exact) mass is 342 g/mol. The Labute approximate surface area is 134 Å². The van der Waals surface area contributed by atoms with Crippen molar-refractivity contribution in [2.24, 2.45) is 5.14 Å². The number of hydrogen-bond donors (Lipinski definition) is 2. The normalized spacial score (nSPS) is 15.6. The molecule has 0 spiro atoms. The van der Waals surface area contributed by atoms with Gasteiger partial charge in [-0.3, -0.25) is 4.79 Å². The minimum absolute atomic E-state index is 0.120. The number of benzene rings is 1. The van der Waals surface area contributed by atoms with E-state index in [1.807, 2.05) is 0 Å². The van der Waals surface area contributed by atoms with Crippen LogP contribution in [0.5, 0.6) is 5.75 Å². The standard InChI is InChI=1S/C14H18N2O6S/c1-8(13(17)16-9-3-4-9)22-14(18)11-7-10(23(15,19)20)5-6-12(11)21-2/h5-9H,3-4H2,1-2H3,(H,16,17)(H2,15,19,20)/t8-/m1/s1. The van der Waals surface area contributed by atoms with E-state index in [-0.39, 0.29) is 22.3 Å². The third kappa shape index (κ3) is 4.42. The van der Waals surface area contributed by atoms with Gasteiger partial charge in [-0.15, -0.1) is 0 Å². The number of amides is 1. The molecule has 8 nitrogen and oxygen atoms in total. The van der Waals surface area contributed by atoms with Gasteiger partial charge in [-0.25, -0.2) is 18.4 Å². The van der Waals surface area contributed by atoms with Gasteiger partial charge in [0.05, 0.1) is 12.0 Å². The smallest absolute Gasteiger partial charge is 0.342 e. The molecule has 0 heterocycles. The molecule has 0 radical (unpaired) electrons. The van der Waals surface area contributed by atoms with Gasteiger partial charge < -0.3 is 14.8 Å². The molecule has 0 aliphatic heterocycles. The number of primary sulfonamides is 1. The third-order valence-electron chi connectivity index (χ3n) is 3.30. The van der Waals surface area contributed by atoms with Crippen LogP contribution >= 0.6 is 0 Å². The Kier molecular flexibility index (Phi) is 4.90. The molecule has 1 amide bonds. The molecule has 2 rings (SSSR count). The highest BCUT2D eigenvalue weighted by molar-refractivity contribution is 7.89. The van der Waals surface area contributed by atoms with Crippen LogP contribution in [-0.4, -0.2) is 39.5 Å². The molecule has 0 bridgehead atoms. The minimum atomic E-state index is -3.98. The molecule has 1 fully saturated rings. The van der Waals surface area contributed by atoms with E-state index in [2.05, 4.69) is 5.32 Å². The van der Waals surface area contributed by atoms with Crippen molar-refractivity contribution < 1.29 is 27.5 Å². The fourth-order valence-electron chi connectivity index (χ4n) is 1.85. The summed E-state index contributed by atoms with van der Waals surface area (Å²) >= 11 is 0. The second-order valence-corrected chi connectivity index (χ2v) is 6.80. The maximum absolute atomic E-state index is 12.2. The number of nitrogens with two attached hydrogens (primary N) is 1. The zero-order valence-corrected chi connectivity index (χ0v) is 13.6. The Hall–Kier alpha value is -2.13. The van der Waals surface area contributed by atoms with Crippen LogP contribution in [0.4, 0.5) is 0 Å². The van der Waals surface area contributed by atoms with Crippen LogP contribution in [0, 0.1) is 0 Å². The maximum Gasteiger partial charge on any atom is 0.342 e. The number of carbonyl (C=O) groups excluding carboxylic acids is 2. The van der Waals surface area contributed by atoms with Gasteiger partial charge in [0.2, 0.25) is 10.0 Å². The largest absolute Gasteiger partial charge is 0.496 e. The van der Waals surface area contributed by atoms with E-state index in [1.165, 1.54) is 26.2 Å². The molecule has 9 heteroatoms. The summed E-state index contributed by atoms with van der Waals surface area (Å²) in [7, 11) is -2.65. The first-order chi connectivity index (χ1) is 10.7. The number of esters is 1. The van der Waals surface area contributed by atoms with Crippen LogP contribution in [0.2, 0.25) is 0 Å². The summed E-state index contributed by atoms with van der Waals surface area (Å²) < 4.78 is 32.9. The summed E-state index contributed by atoms with van der Waals surface area (Å²) in [5, 5.41) is 7.76. The van der Waals surface area contributed by atoms with E-state index in [4.69, 9.17) is 14.6 Å². The molecule has 1 aliphatic rings. The zero-order chi connectivity index (χ0) is 17.2. The van der Waals surface area contributed by atoms with Gasteiger partial charge in [0.25, 0.3) is 5.91 Å². The molecule has 3 N–H and O–H groups in total. The molecule has 1 aliphatic carbocycles. The highest BCUT2D eigenvalue weighted by Gasteiger charge is 2.28. The molecule has 0 unspecified atom stereocenters. The quantitative estimate of drug-likeness (QED) is 0.710. The summed E-state index contributed by atoms with van der Waals surface area (Å²) in [5.41, 5.74) is -0.120. The van der Waals surface area contributed by atoms with Gasteiger partial charge in [-0.1, -0.05) is 0 Å². The van der Waals surface area contributed by atoms with E-state index in [1.54, 1.807) is 0 Å². The van der Waals surface area contributed by atoms with E-state index < -0.39 is 28.0 Å².